The zero-order valence-corrected chi connectivity index (χ0v) is 12.7. The van der Waals surface area contributed by atoms with Crippen molar-refractivity contribution in [1.82, 2.24) is 9.80 Å². The summed E-state index contributed by atoms with van der Waals surface area (Å²) in [7, 11) is 1.81. The van der Waals surface area contributed by atoms with E-state index >= 15 is 0 Å². The van der Waals surface area contributed by atoms with Crippen LogP contribution in [0.2, 0.25) is 0 Å². The van der Waals surface area contributed by atoms with Crippen LogP contribution in [0.15, 0.2) is 28.7 Å². The lowest BCUT2D eigenvalue weighted by atomic mass is 10.1. The van der Waals surface area contributed by atoms with Gasteiger partial charge in [-0.1, -0.05) is 34.1 Å². The number of urea groups is 1. The van der Waals surface area contributed by atoms with Gasteiger partial charge >= 0.3 is 6.03 Å². The van der Waals surface area contributed by atoms with Crippen LogP contribution in [0.25, 0.3) is 0 Å². The van der Waals surface area contributed by atoms with E-state index < -0.39 is 0 Å². The standard InChI is InChI=1S/C14H17BrN2O2/c1-10(18)7-8-17-9-13(16(2)14(17)19)11-5-3-4-6-12(11)15/h3-6,13H,7-9H2,1-2H3. The Balaban J connectivity index is 2.14. The maximum atomic E-state index is 12.1. The fourth-order valence-electron chi connectivity index (χ4n) is 2.30. The first-order chi connectivity index (χ1) is 9.00. The van der Waals surface area contributed by atoms with Gasteiger partial charge in [0.1, 0.15) is 5.78 Å². The fourth-order valence-corrected chi connectivity index (χ4v) is 2.85. The molecule has 102 valence electrons. The predicted octanol–water partition coefficient (Wildman–Crippen LogP) is 2.84. The summed E-state index contributed by atoms with van der Waals surface area (Å²) in [5, 5.41) is 0. The number of amides is 2. The van der Waals surface area contributed by atoms with Gasteiger partial charge in [0.15, 0.2) is 0 Å². The quantitative estimate of drug-likeness (QED) is 0.854. The Morgan fingerprint density at radius 2 is 2.11 bits per heavy atom. The van der Waals surface area contributed by atoms with Crippen molar-refractivity contribution in [3.8, 4) is 0 Å². The molecule has 1 unspecified atom stereocenters. The molecule has 0 aliphatic carbocycles. The highest BCUT2D eigenvalue weighted by molar-refractivity contribution is 9.10. The van der Waals surface area contributed by atoms with Crippen LogP contribution in [0.5, 0.6) is 0 Å². The molecule has 19 heavy (non-hydrogen) atoms. The predicted molar refractivity (Wildman–Crippen MR) is 76.9 cm³/mol. The summed E-state index contributed by atoms with van der Waals surface area (Å²) in [5.74, 6) is 0.111. The third-order valence-corrected chi connectivity index (χ3v) is 4.15. The third-order valence-electron chi connectivity index (χ3n) is 3.43. The molecule has 1 fully saturated rings. The van der Waals surface area contributed by atoms with E-state index in [2.05, 4.69) is 15.9 Å². The first-order valence-electron chi connectivity index (χ1n) is 6.26. The van der Waals surface area contributed by atoms with E-state index in [1.54, 1.807) is 23.8 Å². The molecule has 0 aromatic heterocycles. The number of rotatable bonds is 4. The normalized spacial score (nSPS) is 19.1. The maximum Gasteiger partial charge on any atom is 0.320 e. The topological polar surface area (TPSA) is 40.6 Å². The van der Waals surface area contributed by atoms with Crippen molar-refractivity contribution in [2.75, 3.05) is 20.1 Å². The van der Waals surface area contributed by atoms with Gasteiger partial charge in [0, 0.05) is 31.0 Å². The molecule has 0 radical (unpaired) electrons. The number of ketones is 1. The molecule has 0 N–H and O–H groups in total. The highest BCUT2D eigenvalue weighted by Crippen LogP contribution is 2.32. The number of hydrogen-bond acceptors (Lipinski definition) is 2. The molecular weight excluding hydrogens is 308 g/mol. The Morgan fingerprint density at radius 3 is 2.74 bits per heavy atom. The van der Waals surface area contributed by atoms with Crippen molar-refractivity contribution in [3.05, 3.63) is 34.3 Å². The molecule has 1 heterocycles. The molecule has 1 aromatic rings. The van der Waals surface area contributed by atoms with Gasteiger partial charge in [-0.3, -0.25) is 4.79 Å². The smallest absolute Gasteiger partial charge is 0.320 e. The van der Waals surface area contributed by atoms with E-state index in [9.17, 15) is 9.59 Å². The van der Waals surface area contributed by atoms with Crippen molar-refractivity contribution >= 4 is 27.7 Å². The molecule has 0 bridgehead atoms. The molecule has 0 spiro atoms. The minimum atomic E-state index is -0.0120. The summed E-state index contributed by atoms with van der Waals surface area (Å²) in [6, 6.07) is 7.95. The first kappa shape index (κ1) is 14.1. The molecule has 5 heteroatoms. The molecule has 0 saturated carbocycles. The Morgan fingerprint density at radius 1 is 1.42 bits per heavy atom. The summed E-state index contributed by atoms with van der Waals surface area (Å²) < 4.78 is 1.01. The minimum absolute atomic E-state index is 0.0120. The maximum absolute atomic E-state index is 12.1. The van der Waals surface area contributed by atoms with Gasteiger partial charge in [-0.15, -0.1) is 0 Å². The van der Waals surface area contributed by atoms with E-state index in [1.807, 2.05) is 24.3 Å². The van der Waals surface area contributed by atoms with Crippen LogP contribution < -0.4 is 0 Å². The van der Waals surface area contributed by atoms with Crippen LogP contribution in [0.3, 0.4) is 0 Å². The minimum Gasteiger partial charge on any atom is -0.322 e. The summed E-state index contributed by atoms with van der Waals surface area (Å²) in [4.78, 5) is 26.7. The van der Waals surface area contributed by atoms with Crippen LogP contribution in [-0.4, -0.2) is 41.8 Å². The Kier molecular flexibility index (Phi) is 4.24. The molecule has 1 aliphatic rings. The summed E-state index contributed by atoms with van der Waals surface area (Å²) in [6.07, 6.45) is 0.419. The van der Waals surface area contributed by atoms with Gasteiger partial charge in [-0.2, -0.15) is 0 Å². The number of carbonyl (C=O) groups excluding carboxylic acids is 2. The lowest BCUT2D eigenvalue weighted by molar-refractivity contribution is -0.117. The van der Waals surface area contributed by atoms with Gasteiger partial charge in [-0.05, 0) is 18.6 Å². The second-order valence-corrected chi connectivity index (χ2v) is 5.68. The molecule has 1 saturated heterocycles. The second-order valence-electron chi connectivity index (χ2n) is 4.83. The molecule has 1 atom stereocenters. The summed E-state index contributed by atoms with van der Waals surface area (Å²) >= 11 is 3.53. The van der Waals surface area contributed by atoms with Crippen molar-refractivity contribution < 1.29 is 9.59 Å². The highest BCUT2D eigenvalue weighted by atomic mass is 79.9. The van der Waals surface area contributed by atoms with Gasteiger partial charge in [-0.25, -0.2) is 4.79 Å². The van der Waals surface area contributed by atoms with Crippen molar-refractivity contribution in [2.45, 2.75) is 19.4 Å². The summed E-state index contributed by atoms with van der Waals surface area (Å²) in [5.41, 5.74) is 1.10. The number of benzene rings is 1. The molecule has 1 aliphatic heterocycles. The van der Waals surface area contributed by atoms with Crippen molar-refractivity contribution in [2.24, 2.45) is 0 Å². The third kappa shape index (κ3) is 2.97. The number of halogens is 1. The molecule has 1 aromatic carbocycles. The average Bonchev–Trinajstić information content (AvgIpc) is 2.65. The Bertz CT molecular complexity index is 504. The molecule has 4 nitrogen and oxygen atoms in total. The van der Waals surface area contributed by atoms with Gasteiger partial charge < -0.3 is 9.80 Å². The lowest BCUT2D eigenvalue weighted by Crippen LogP contribution is -2.31. The second kappa shape index (κ2) is 5.74. The number of Topliss-reactive ketones (excluding diaryl/α,β-unsaturated/α-hetero) is 1. The van der Waals surface area contributed by atoms with Crippen LogP contribution in [0, 0.1) is 0 Å². The van der Waals surface area contributed by atoms with E-state index in [0.717, 1.165) is 10.0 Å². The van der Waals surface area contributed by atoms with E-state index in [-0.39, 0.29) is 17.9 Å². The van der Waals surface area contributed by atoms with E-state index in [4.69, 9.17) is 0 Å². The van der Waals surface area contributed by atoms with Gasteiger partial charge in [0.25, 0.3) is 0 Å². The van der Waals surface area contributed by atoms with Crippen LogP contribution in [0.1, 0.15) is 24.9 Å². The molecule has 2 rings (SSSR count). The number of hydrogen-bond donors (Lipinski definition) is 0. The van der Waals surface area contributed by atoms with Crippen molar-refractivity contribution in [3.63, 3.8) is 0 Å². The summed E-state index contributed by atoms with van der Waals surface area (Å²) in [6.45, 7) is 2.68. The lowest BCUT2D eigenvalue weighted by Gasteiger charge is -2.19. The van der Waals surface area contributed by atoms with E-state index in [0.29, 0.717) is 19.5 Å². The van der Waals surface area contributed by atoms with Crippen LogP contribution in [-0.2, 0) is 4.79 Å². The molecular formula is C14H17BrN2O2. The number of carbonyl (C=O) groups is 2. The first-order valence-corrected chi connectivity index (χ1v) is 7.05. The zero-order valence-electron chi connectivity index (χ0n) is 11.1. The number of likely N-dealkylation sites (N-methyl/N-ethyl adjacent to an activating group) is 1. The number of nitrogens with zero attached hydrogens (tertiary/aromatic N) is 2. The molecule has 2 amide bonds. The monoisotopic (exact) mass is 324 g/mol. The van der Waals surface area contributed by atoms with Crippen molar-refractivity contribution in [1.29, 1.82) is 0 Å². The van der Waals surface area contributed by atoms with Crippen LogP contribution >= 0.6 is 15.9 Å². The Labute approximate surface area is 121 Å². The average molecular weight is 325 g/mol. The van der Waals surface area contributed by atoms with Gasteiger partial charge in [0.2, 0.25) is 0 Å². The van der Waals surface area contributed by atoms with Crippen LogP contribution in [0.4, 0.5) is 4.79 Å². The van der Waals surface area contributed by atoms with E-state index in [1.165, 1.54) is 0 Å². The highest BCUT2D eigenvalue weighted by Gasteiger charge is 2.35. The Hall–Kier alpha value is -1.36. The van der Waals surface area contributed by atoms with Gasteiger partial charge in [0.05, 0.1) is 6.04 Å². The fraction of sp³-hybridized carbons (Fsp3) is 0.429. The largest absolute Gasteiger partial charge is 0.322 e. The SMILES string of the molecule is CC(=O)CCN1CC(c2ccccc2Br)N(C)C1=O. The zero-order chi connectivity index (χ0) is 14.0.